The van der Waals surface area contributed by atoms with Crippen LogP contribution in [0.5, 0.6) is 5.75 Å². The van der Waals surface area contributed by atoms with E-state index in [0.29, 0.717) is 23.5 Å². The first-order chi connectivity index (χ1) is 15.3. The Kier molecular flexibility index (Phi) is 8.16. The maximum Gasteiger partial charge on any atom is 0.194 e. The number of benzene rings is 2. The van der Waals surface area contributed by atoms with Crippen molar-refractivity contribution in [2.75, 3.05) is 6.61 Å². The molecule has 0 bridgehead atoms. The van der Waals surface area contributed by atoms with Crippen LogP contribution in [-0.4, -0.2) is 11.0 Å². The minimum Gasteiger partial charge on any atom is -0.494 e. The Balaban J connectivity index is 1.58. The fourth-order valence-corrected chi connectivity index (χ4v) is 3.34. The summed E-state index contributed by atoms with van der Waals surface area (Å²) in [5.41, 5.74) is 2.42. The molecule has 32 heavy (non-hydrogen) atoms. The number of aromatic nitrogens is 1. The Labute approximate surface area is 192 Å². The molecule has 0 aliphatic carbocycles. The van der Waals surface area contributed by atoms with Gasteiger partial charge in [0.1, 0.15) is 5.75 Å². The quantitative estimate of drug-likeness (QED) is 0.240. The van der Waals surface area contributed by atoms with Crippen LogP contribution in [0.4, 0.5) is 26.5 Å². The zero-order chi connectivity index (χ0) is 23.0. The van der Waals surface area contributed by atoms with Gasteiger partial charge in [0.25, 0.3) is 0 Å². The molecule has 0 saturated carbocycles. The second-order valence-corrected chi connectivity index (χ2v) is 9.35. The second kappa shape index (κ2) is 11.0. The maximum atomic E-state index is 14.5. The summed E-state index contributed by atoms with van der Waals surface area (Å²) in [4.78, 5) is 0. The third kappa shape index (κ3) is 7.30. The number of hydrogen-bond donors (Lipinski definition) is 0. The topological polar surface area (TPSA) is 71.6 Å². The highest BCUT2D eigenvalue weighted by atomic mass is 32.1. The van der Waals surface area contributed by atoms with Crippen molar-refractivity contribution in [3.05, 3.63) is 60.0 Å². The standard InChI is InChI=1S/C24H28FN5OS/c1-5-6-15-31-20-13-11-19(12-14-20)27-26-17-7-9-18(10-8-17)28-29-23-22(25)21(30-32-23)16-24(2,3)4/h7-14H,5-6,15-16H2,1-4H3. The summed E-state index contributed by atoms with van der Waals surface area (Å²) in [5, 5.41) is 16.8. The van der Waals surface area contributed by atoms with E-state index in [1.54, 1.807) is 24.3 Å². The molecule has 1 heterocycles. The van der Waals surface area contributed by atoms with E-state index in [1.807, 2.05) is 45.0 Å². The lowest BCUT2D eigenvalue weighted by atomic mass is 9.90. The zero-order valence-electron chi connectivity index (χ0n) is 18.9. The first-order valence-corrected chi connectivity index (χ1v) is 11.4. The van der Waals surface area contributed by atoms with Crippen molar-refractivity contribution in [1.82, 2.24) is 4.37 Å². The van der Waals surface area contributed by atoms with Crippen LogP contribution >= 0.6 is 11.5 Å². The van der Waals surface area contributed by atoms with Crippen molar-refractivity contribution in [3.63, 3.8) is 0 Å². The Morgan fingerprint density at radius 3 is 1.94 bits per heavy atom. The van der Waals surface area contributed by atoms with E-state index in [9.17, 15) is 4.39 Å². The first kappa shape index (κ1) is 23.7. The molecule has 6 nitrogen and oxygen atoms in total. The van der Waals surface area contributed by atoms with E-state index >= 15 is 0 Å². The van der Waals surface area contributed by atoms with Crippen LogP contribution in [0.1, 0.15) is 46.2 Å². The number of ether oxygens (including phenoxy) is 1. The van der Waals surface area contributed by atoms with Gasteiger partial charge in [0.15, 0.2) is 10.8 Å². The molecule has 8 heteroatoms. The third-order valence-electron chi connectivity index (χ3n) is 4.37. The predicted octanol–water partition coefficient (Wildman–Crippen LogP) is 8.88. The summed E-state index contributed by atoms with van der Waals surface area (Å²) in [6.45, 7) is 8.99. The van der Waals surface area contributed by atoms with E-state index in [0.717, 1.165) is 42.4 Å². The Morgan fingerprint density at radius 2 is 1.41 bits per heavy atom. The number of unbranched alkanes of at least 4 members (excludes halogenated alkanes) is 1. The van der Waals surface area contributed by atoms with E-state index in [2.05, 4.69) is 31.8 Å². The minimum absolute atomic E-state index is 0.0435. The highest BCUT2D eigenvalue weighted by molar-refractivity contribution is 7.09. The number of hydrogen-bond acceptors (Lipinski definition) is 7. The van der Waals surface area contributed by atoms with E-state index in [-0.39, 0.29) is 16.2 Å². The third-order valence-corrected chi connectivity index (χ3v) is 5.12. The Bertz CT molecular complexity index is 1050. The Morgan fingerprint density at radius 1 is 0.875 bits per heavy atom. The summed E-state index contributed by atoms with van der Waals surface area (Å²) >= 11 is 1.02. The van der Waals surface area contributed by atoms with Gasteiger partial charge in [-0.05, 0) is 78.3 Å². The van der Waals surface area contributed by atoms with Crippen LogP contribution in [0, 0.1) is 11.2 Å². The fourth-order valence-electron chi connectivity index (χ4n) is 2.72. The molecule has 0 saturated heterocycles. The van der Waals surface area contributed by atoms with Gasteiger partial charge in [0.05, 0.1) is 29.4 Å². The summed E-state index contributed by atoms with van der Waals surface area (Å²) in [6, 6.07) is 14.6. The average Bonchev–Trinajstić information content (AvgIpc) is 3.10. The molecule has 0 spiro atoms. The summed E-state index contributed by atoms with van der Waals surface area (Å²) in [7, 11) is 0. The monoisotopic (exact) mass is 453 g/mol. The van der Waals surface area contributed by atoms with Crippen molar-refractivity contribution in [2.24, 2.45) is 25.9 Å². The predicted molar refractivity (Wildman–Crippen MR) is 127 cm³/mol. The highest BCUT2D eigenvalue weighted by Gasteiger charge is 2.20. The van der Waals surface area contributed by atoms with Crippen molar-refractivity contribution < 1.29 is 9.13 Å². The van der Waals surface area contributed by atoms with Gasteiger partial charge in [0.2, 0.25) is 0 Å². The number of azo groups is 2. The Hall–Kier alpha value is -3.00. The highest BCUT2D eigenvalue weighted by Crippen LogP contribution is 2.32. The van der Waals surface area contributed by atoms with Crippen molar-refractivity contribution in [3.8, 4) is 5.75 Å². The molecular weight excluding hydrogens is 425 g/mol. The van der Waals surface area contributed by atoms with Crippen LogP contribution in [0.3, 0.4) is 0 Å². The molecule has 1 aromatic heterocycles. The molecule has 0 N–H and O–H groups in total. The van der Waals surface area contributed by atoms with Gasteiger partial charge >= 0.3 is 0 Å². The van der Waals surface area contributed by atoms with Crippen molar-refractivity contribution >= 4 is 33.6 Å². The van der Waals surface area contributed by atoms with Gasteiger partial charge in [-0.3, -0.25) is 0 Å². The van der Waals surface area contributed by atoms with E-state index in [4.69, 9.17) is 4.74 Å². The molecule has 0 amide bonds. The lowest BCUT2D eigenvalue weighted by Crippen LogP contribution is -2.10. The molecule has 168 valence electrons. The van der Waals surface area contributed by atoms with Gasteiger partial charge in [-0.15, -0.1) is 10.2 Å². The molecule has 0 radical (unpaired) electrons. The molecule has 0 fully saturated rings. The normalized spacial score (nSPS) is 12.2. The van der Waals surface area contributed by atoms with E-state index in [1.165, 1.54) is 0 Å². The molecular formula is C24H28FN5OS. The van der Waals surface area contributed by atoms with Crippen LogP contribution in [-0.2, 0) is 6.42 Å². The number of rotatable bonds is 9. The van der Waals surface area contributed by atoms with Gasteiger partial charge in [-0.2, -0.15) is 14.6 Å². The summed E-state index contributed by atoms with van der Waals surface area (Å²) in [5.74, 6) is 0.441. The number of halogens is 1. The van der Waals surface area contributed by atoms with Crippen LogP contribution < -0.4 is 4.74 Å². The molecule has 3 rings (SSSR count). The van der Waals surface area contributed by atoms with Gasteiger partial charge in [0, 0.05) is 0 Å². The second-order valence-electron chi connectivity index (χ2n) is 8.60. The van der Waals surface area contributed by atoms with Crippen molar-refractivity contribution in [2.45, 2.75) is 47.0 Å². The van der Waals surface area contributed by atoms with Crippen LogP contribution in [0.2, 0.25) is 0 Å². The first-order valence-electron chi connectivity index (χ1n) is 10.6. The fraction of sp³-hybridized carbons (Fsp3) is 0.375. The van der Waals surface area contributed by atoms with Gasteiger partial charge in [-0.25, -0.2) is 4.39 Å². The van der Waals surface area contributed by atoms with Crippen LogP contribution in [0.25, 0.3) is 0 Å². The maximum absolute atomic E-state index is 14.5. The van der Waals surface area contributed by atoms with Crippen LogP contribution in [0.15, 0.2) is 69.0 Å². The van der Waals surface area contributed by atoms with Gasteiger partial charge in [-0.1, -0.05) is 34.1 Å². The minimum atomic E-state index is -0.388. The molecule has 3 aromatic rings. The molecule has 0 aliphatic rings. The lowest BCUT2D eigenvalue weighted by Gasteiger charge is -2.15. The lowest BCUT2D eigenvalue weighted by molar-refractivity contribution is 0.309. The average molecular weight is 454 g/mol. The van der Waals surface area contributed by atoms with Crippen molar-refractivity contribution in [1.29, 1.82) is 0 Å². The zero-order valence-corrected chi connectivity index (χ0v) is 19.7. The smallest absolute Gasteiger partial charge is 0.194 e. The summed E-state index contributed by atoms with van der Waals surface area (Å²) in [6.07, 6.45) is 2.69. The summed E-state index contributed by atoms with van der Waals surface area (Å²) < 4.78 is 24.3. The molecule has 0 atom stereocenters. The molecule has 2 aromatic carbocycles. The molecule has 0 unspecified atom stereocenters. The SMILES string of the molecule is CCCCOc1ccc(N=Nc2ccc(N=Nc3snc(CC(C)(C)C)c3F)cc2)cc1. The van der Waals surface area contributed by atoms with E-state index < -0.39 is 0 Å². The number of nitrogens with zero attached hydrogens (tertiary/aromatic N) is 5. The molecule has 0 aliphatic heterocycles. The van der Waals surface area contributed by atoms with Gasteiger partial charge < -0.3 is 4.74 Å². The largest absolute Gasteiger partial charge is 0.494 e.